The third-order valence-corrected chi connectivity index (χ3v) is 1.83. The first kappa shape index (κ1) is 9.82. The van der Waals surface area contributed by atoms with Gasteiger partial charge in [-0.25, -0.2) is 4.98 Å². The minimum atomic E-state index is 0.171. The van der Waals surface area contributed by atoms with Crippen LogP contribution in [0.3, 0.4) is 0 Å². The molecule has 1 N–H and O–H groups in total. The van der Waals surface area contributed by atoms with Gasteiger partial charge in [-0.3, -0.25) is 0 Å². The van der Waals surface area contributed by atoms with E-state index < -0.39 is 0 Å². The van der Waals surface area contributed by atoms with E-state index in [1.165, 1.54) is 0 Å². The zero-order valence-corrected chi connectivity index (χ0v) is 8.22. The Morgan fingerprint density at radius 1 is 1.69 bits per heavy atom. The first-order valence-corrected chi connectivity index (χ1v) is 4.26. The molecule has 1 heterocycles. The molecule has 1 aromatic heterocycles. The maximum absolute atomic E-state index is 5.13. The van der Waals surface area contributed by atoms with Crippen LogP contribution in [-0.2, 0) is 0 Å². The monoisotopic (exact) mass is 178 g/mol. The highest BCUT2D eigenvalue weighted by Gasteiger charge is 2.11. The normalized spacial score (nSPS) is 11.9. The Balaban J connectivity index is 2.70. The summed E-state index contributed by atoms with van der Waals surface area (Å²) in [4.78, 5) is 4.24. The van der Waals surface area contributed by atoms with Crippen molar-refractivity contribution in [2.75, 3.05) is 7.05 Å². The molecule has 0 saturated heterocycles. The number of nitrogens with zero attached hydrogens (tertiary/aromatic N) is 1. The average molecular weight is 178 g/mol. The van der Waals surface area contributed by atoms with Crippen LogP contribution in [0.2, 0.25) is 0 Å². The fourth-order valence-electron chi connectivity index (χ4n) is 1.10. The summed E-state index contributed by atoms with van der Waals surface area (Å²) in [6.45, 7) is 3.67. The van der Waals surface area contributed by atoms with Crippen LogP contribution in [0.15, 0.2) is 10.7 Å². The van der Waals surface area contributed by atoms with E-state index in [2.05, 4.69) is 22.1 Å². The molecule has 1 atom stereocenters. The molecule has 0 amide bonds. The molecule has 1 unspecified atom stereocenters. The van der Waals surface area contributed by atoms with Crippen molar-refractivity contribution in [1.82, 2.24) is 10.3 Å². The molecular formula is C10H14N2O. The standard InChI is InChI=1S/C10H14N2O/c1-4-5-6-9(11-3)10-7-13-8(2)12-10/h7,9,11H,6H2,1-3H3. The third kappa shape index (κ3) is 2.60. The fourth-order valence-corrected chi connectivity index (χ4v) is 1.10. The molecule has 13 heavy (non-hydrogen) atoms. The number of nitrogens with one attached hydrogen (secondary N) is 1. The Labute approximate surface area is 78.5 Å². The Morgan fingerprint density at radius 3 is 2.92 bits per heavy atom. The summed E-state index contributed by atoms with van der Waals surface area (Å²) in [6, 6.07) is 0.171. The van der Waals surface area contributed by atoms with Crippen molar-refractivity contribution >= 4 is 0 Å². The minimum Gasteiger partial charge on any atom is -0.449 e. The van der Waals surface area contributed by atoms with Gasteiger partial charge in [0.05, 0.1) is 11.7 Å². The van der Waals surface area contributed by atoms with E-state index in [9.17, 15) is 0 Å². The lowest BCUT2D eigenvalue weighted by Crippen LogP contribution is -2.16. The Kier molecular flexibility index (Phi) is 3.53. The van der Waals surface area contributed by atoms with Crippen LogP contribution in [0.1, 0.15) is 31.0 Å². The number of aryl methyl sites for hydroxylation is 1. The molecule has 0 fully saturated rings. The molecule has 0 aliphatic rings. The number of rotatable bonds is 3. The molecule has 0 radical (unpaired) electrons. The summed E-state index contributed by atoms with van der Waals surface area (Å²) in [5.41, 5.74) is 0.919. The Hall–Kier alpha value is -1.27. The Bertz CT molecular complexity index is 319. The van der Waals surface area contributed by atoms with Crippen LogP contribution in [0, 0.1) is 18.8 Å². The van der Waals surface area contributed by atoms with E-state index in [0.29, 0.717) is 5.89 Å². The smallest absolute Gasteiger partial charge is 0.191 e. The second-order valence-corrected chi connectivity index (χ2v) is 2.76. The molecule has 1 rings (SSSR count). The largest absolute Gasteiger partial charge is 0.449 e. The van der Waals surface area contributed by atoms with E-state index >= 15 is 0 Å². The van der Waals surface area contributed by atoms with Crippen LogP contribution in [0.5, 0.6) is 0 Å². The van der Waals surface area contributed by atoms with Gasteiger partial charge in [0.2, 0.25) is 0 Å². The van der Waals surface area contributed by atoms with Crippen LogP contribution >= 0.6 is 0 Å². The van der Waals surface area contributed by atoms with Crippen LogP contribution in [-0.4, -0.2) is 12.0 Å². The van der Waals surface area contributed by atoms with E-state index in [4.69, 9.17) is 4.42 Å². The number of aromatic nitrogens is 1. The molecule has 0 aromatic carbocycles. The highest BCUT2D eigenvalue weighted by Crippen LogP contribution is 2.14. The predicted molar refractivity (Wildman–Crippen MR) is 51.1 cm³/mol. The number of hydrogen-bond donors (Lipinski definition) is 1. The van der Waals surface area contributed by atoms with Crippen LogP contribution in [0.4, 0.5) is 0 Å². The van der Waals surface area contributed by atoms with Gasteiger partial charge in [-0.15, -0.1) is 11.8 Å². The number of oxazole rings is 1. The van der Waals surface area contributed by atoms with Crippen LogP contribution < -0.4 is 5.32 Å². The molecule has 0 bridgehead atoms. The van der Waals surface area contributed by atoms with E-state index in [0.717, 1.165) is 12.1 Å². The lowest BCUT2D eigenvalue weighted by Gasteiger charge is -2.08. The quantitative estimate of drug-likeness (QED) is 0.715. The van der Waals surface area contributed by atoms with Crippen molar-refractivity contribution < 1.29 is 4.42 Å². The van der Waals surface area contributed by atoms with Gasteiger partial charge >= 0.3 is 0 Å². The maximum atomic E-state index is 5.13. The lowest BCUT2D eigenvalue weighted by atomic mass is 10.1. The summed E-state index contributed by atoms with van der Waals surface area (Å²) in [5, 5.41) is 3.14. The lowest BCUT2D eigenvalue weighted by molar-refractivity contribution is 0.517. The number of hydrogen-bond acceptors (Lipinski definition) is 3. The predicted octanol–water partition coefficient (Wildman–Crippen LogP) is 1.66. The van der Waals surface area contributed by atoms with Gasteiger partial charge < -0.3 is 9.73 Å². The van der Waals surface area contributed by atoms with Gasteiger partial charge in [-0.2, -0.15) is 0 Å². The van der Waals surface area contributed by atoms with Crippen molar-refractivity contribution in [1.29, 1.82) is 0 Å². The second-order valence-electron chi connectivity index (χ2n) is 2.76. The van der Waals surface area contributed by atoms with Gasteiger partial charge in [0.15, 0.2) is 5.89 Å². The van der Waals surface area contributed by atoms with Crippen molar-refractivity contribution in [3.8, 4) is 11.8 Å². The first-order chi connectivity index (χ1) is 6.27. The molecule has 1 aromatic rings. The summed E-state index contributed by atoms with van der Waals surface area (Å²) in [5.74, 6) is 6.57. The van der Waals surface area contributed by atoms with E-state index in [1.54, 1.807) is 6.26 Å². The molecule has 0 aliphatic heterocycles. The summed E-state index contributed by atoms with van der Waals surface area (Å²) < 4.78 is 5.13. The molecule has 0 aliphatic carbocycles. The van der Waals surface area contributed by atoms with Gasteiger partial charge in [0.25, 0.3) is 0 Å². The summed E-state index contributed by atoms with van der Waals surface area (Å²) >= 11 is 0. The minimum absolute atomic E-state index is 0.171. The summed E-state index contributed by atoms with van der Waals surface area (Å²) in [6.07, 6.45) is 2.44. The molecule has 3 heteroatoms. The highest BCUT2D eigenvalue weighted by molar-refractivity contribution is 5.08. The third-order valence-electron chi connectivity index (χ3n) is 1.83. The molecule has 3 nitrogen and oxygen atoms in total. The van der Waals surface area contributed by atoms with Crippen molar-refractivity contribution in [3.05, 3.63) is 17.8 Å². The molecule has 0 spiro atoms. The van der Waals surface area contributed by atoms with Gasteiger partial charge in [-0.05, 0) is 14.0 Å². The second kappa shape index (κ2) is 4.68. The average Bonchev–Trinajstić information content (AvgIpc) is 2.54. The van der Waals surface area contributed by atoms with Gasteiger partial charge in [0, 0.05) is 13.3 Å². The first-order valence-electron chi connectivity index (χ1n) is 4.26. The molecule has 0 saturated carbocycles. The highest BCUT2D eigenvalue weighted by atomic mass is 16.3. The topological polar surface area (TPSA) is 38.1 Å². The van der Waals surface area contributed by atoms with Crippen LogP contribution in [0.25, 0.3) is 0 Å². The zero-order chi connectivity index (χ0) is 9.68. The van der Waals surface area contributed by atoms with Gasteiger partial charge in [-0.1, -0.05) is 0 Å². The Morgan fingerprint density at radius 2 is 2.46 bits per heavy atom. The molecular weight excluding hydrogens is 164 g/mol. The van der Waals surface area contributed by atoms with E-state index in [-0.39, 0.29) is 6.04 Å². The maximum Gasteiger partial charge on any atom is 0.191 e. The molecule has 70 valence electrons. The summed E-state index contributed by atoms with van der Waals surface area (Å²) in [7, 11) is 1.89. The van der Waals surface area contributed by atoms with E-state index in [1.807, 2.05) is 20.9 Å². The van der Waals surface area contributed by atoms with Crippen molar-refractivity contribution in [2.24, 2.45) is 0 Å². The van der Waals surface area contributed by atoms with Crippen molar-refractivity contribution in [2.45, 2.75) is 26.3 Å². The SMILES string of the molecule is CC#CCC(NC)c1coc(C)n1. The zero-order valence-electron chi connectivity index (χ0n) is 8.22. The van der Waals surface area contributed by atoms with Crippen molar-refractivity contribution in [3.63, 3.8) is 0 Å². The fraction of sp³-hybridized carbons (Fsp3) is 0.500. The van der Waals surface area contributed by atoms with Gasteiger partial charge in [0.1, 0.15) is 6.26 Å².